The molecule has 7 heteroatoms. The molecule has 0 unspecified atom stereocenters. The van der Waals surface area contributed by atoms with Gasteiger partial charge in [0.05, 0.1) is 5.41 Å². The summed E-state index contributed by atoms with van der Waals surface area (Å²) >= 11 is 0. The van der Waals surface area contributed by atoms with Gasteiger partial charge in [-0.15, -0.1) is 0 Å². The summed E-state index contributed by atoms with van der Waals surface area (Å²) in [6, 6.07) is 7.02. The highest BCUT2D eigenvalue weighted by Gasteiger charge is 2.51. The second-order valence-electron chi connectivity index (χ2n) is 6.58. The van der Waals surface area contributed by atoms with Gasteiger partial charge >= 0.3 is 0 Å². The summed E-state index contributed by atoms with van der Waals surface area (Å²) in [7, 11) is 0. The number of halogens is 1. The molecule has 1 aliphatic carbocycles. The van der Waals surface area contributed by atoms with Crippen molar-refractivity contribution in [3.8, 4) is 0 Å². The summed E-state index contributed by atoms with van der Waals surface area (Å²) in [6.45, 7) is 3.42. The van der Waals surface area contributed by atoms with E-state index in [9.17, 15) is 4.39 Å². The lowest BCUT2D eigenvalue weighted by atomic mass is 9.94. The molecule has 3 aromatic rings. The first-order chi connectivity index (χ1) is 12.2. The van der Waals surface area contributed by atoms with Crippen molar-refractivity contribution < 1.29 is 4.39 Å². The molecular formula is C18H21FN6. The fraction of sp³-hybridized carbons (Fsp3) is 0.444. The van der Waals surface area contributed by atoms with E-state index in [0.717, 1.165) is 43.6 Å². The van der Waals surface area contributed by atoms with Crippen LogP contribution in [-0.4, -0.2) is 29.5 Å². The van der Waals surface area contributed by atoms with Crippen LogP contribution in [0.2, 0.25) is 0 Å². The molecule has 0 spiro atoms. The van der Waals surface area contributed by atoms with Crippen LogP contribution < -0.4 is 0 Å². The molecule has 2 heterocycles. The zero-order valence-corrected chi connectivity index (χ0v) is 14.3. The summed E-state index contributed by atoms with van der Waals surface area (Å²) in [5.41, 5.74) is 0.389. The number of aryl methyl sites for hydroxylation is 1. The molecule has 6 nitrogen and oxygen atoms in total. The Hall–Kier alpha value is -2.57. The molecule has 0 amide bonds. The van der Waals surface area contributed by atoms with Crippen LogP contribution in [0.25, 0.3) is 0 Å². The monoisotopic (exact) mass is 340 g/mol. The van der Waals surface area contributed by atoms with E-state index in [0.29, 0.717) is 12.4 Å². The minimum Gasteiger partial charge on any atom is -0.249 e. The van der Waals surface area contributed by atoms with Crippen molar-refractivity contribution in [1.82, 2.24) is 29.5 Å². The van der Waals surface area contributed by atoms with Gasteiger partial charge in [-0.3, -0.25) is 0 Å². The van der Waals surface area contributed by atoms with Crippen LogP contribution in [0.3, 0.4) is 0 Å². The number of hydrogen-bond donors (Lipinski definition) is 0. The molecule has 1 saturated carbocycles. The highest BCUT2D eigenvalue weighted by atomic mass is 19.1. The number of rotatable bonds is 7. The number of hydrogen-bond acceptors (Lipinski definition) is 4. The largest absolute Gasteiger partial charge is 0.249 e. The lowest BCUT2D eigenvalue weighted by Crippen LogP contribution is -2.19. The van der Waals surface area contributed by atoms with Gasteiger partial charge in [-0.05, 0) is 25.3 Å². The van der Waals surface area contributed by atoms with Gasteiger partial charge in [0.15, 0.2) is 5.82 Å². The summed E-state index contributed by atoms with van der Waals surface area (Å²) in [5, 5.41) is 8.80. The van der Waals surface area contributed by atoms with Gasteiger partial charge in [-0.25, -0.2) is 23.7 Å². The normalized spacial score (nSPS) is 15.4. The summed E-state index contributed by atoms with van der Waals surface area (Å²) in [6.07, 6.45) is 7.05. The van der Waals surface area contributed by atoms with E-state index in [1.807, 2.05) is 16.8 Å². The van der Waals surface area contributed by atoms with Crippen LogP contribution >= 0.6 is 0 Å². The quantitative estimate of drug-likeness (QED) is 0.663. The highest BCUT2D eigenvalue weighted by molar-refractivity contribution is 5.40. The van der Waals surface area contributed by atoms with E-state index in [1.54, 1.807) is 17.1 Å². The zero-order chi connectivity index (χ0) is 17.3. The molecular weight excluding hydrogens is 319 g/mol. The minimum absolute atomic E-state index is 0.164. The average Bonchev–Trinajstić information content (AvgIpc) is 3.05. The molecule has 0 saturated heterocycles. The molecule has 25 heavy (non-hydrogen) atoms. The van der Waals surface area contributed by atoms with Crippen LogP contribution in [0.4, 0.5) is 4.39 Å². The second kappa shape index (κ2) is 6.38. The van der Waals surface area contributed by atoms with E-state index < -0.39 is 0 Å². The Balaban J connectivity index is 1.72. The van der Waals surface area contributed by atoms with Gasteiger partial charge in [0.25, 0.3) is 0 Å². The maximum atomic E-state index is 14.4. The highest BCUT2D eigenvalue weighted by Crippen LogP contribution is 2.53. The van der Waals surface area contributed by atoms with Gasteiger partial charge in [0.2, 0.25) is 0 Å². The van der Waals surface area contributed by atoms with Crippen molar-refractivity contribution in [3.63, 3.8) is 0 Å². The Morgan fingerprint density at radius 1 is 1.24 bits per heavy atom. The van der Waals surface area contributed by atoms with E-state index in [4.69, 9.17) is 4.98 Å². The standard InChI is InChI=1S/C18H21FN6/c1-2-3-10-25-17(22-16(23-25)11-24-13-20-12-21-24)18(8-9-18)14-6-4-5-7-15(14)19/h4-7,12-13H,2-3,8-11H2,1H3. The van der Waals surface area contributed by atoms with Crippen LogP contribution in [0.1, 0.15) is 49.8 Å². The van der Waals surface area contributed by atoms with Gasteiger partial charge in [0.1, 0.15) is 30.8 Å². The fourth-order valence-corrected chi connectivity index (χ4v) is 3.32. The molecule has 0 bridgehead atoms. The molecule has 1 fully saturated rings. The lowest BCUT2D eigenvalue weighted by molar-refractivity contribution is 0.510. The van der Waals surface area contributed by atoms with Crippen LogP contribution in [-0.2, 0) is 18.5 Å². The van der Waals surface area contributed by atoms with Crippen LogP contribution in [0, 0.1) is 5.82 Å². The Kier molecular flexibility index (Phi) is 4.07. The van der Waals surface area contributed by atoms with Crippen molar-refractivity contribution in [2.45, 2.75) is 51.1 Å². The Morgan fingerprint density at radius 2 is 2.08 bits per heavy atom. The molecule has 0 radical (unpaired) electrons. The Morgan fingerprint density at radius 3 is 2.76 bits per heavy atom. The van der Waals surface area contributed by atoms with Gasteiger partial charge in [0, 0.05) is 12.1 Å². The maximum Gasteiger partial charge on any atom is 0.172 e. The first kappa shape index (κ1) is 15.9. The topological polar surface area (TPSA) is 61.4 Å². The van der Waals surface area contributed by atoms with E-state index >= 15 is 0 Å². The van der Waals surface area contributed by atoms with Crippen molar-refractivity contribution in [2.75, 3.05) is 0 Å². The summed E-state index contributed by atoms with van der Waals surface area (Å²) < 4.78 is 18.1. The van der Waals surface area contributed by atoms with Crippen molar-refractivity contribution >= 4 is 0 Å². The predicted octanol–water partition coefficient (Wildman–Crippen LogP) is 2.94. The summed E-state index contributed by atoms with van der Waals surface area (Å²) in [4.78, 5) is 8.74. The Bertz CT molecular complexity index is 850. The molecule has 1 aliphatic rings. The van der Waals surface area contributed by atoms with E-state index in [-0.39, 0.29) is 11.2 Å². The smallest absolute Gasteiger partial charge is 0.172 e. The van der Waals surface area contributed by atoms with Gasteiger partial charge in [-0.1, -0.05) is 31.5 Å². The molecule has 4 rings (SSSR count). The SMILES string of the molecule is CCCCn1nc(Cn2cncn2)nc1C1(c2ccccc2F)CC1. The molecule has 130 valence electrons. The van der Waals surface area contributed by atoms with Crippen molar-refractivity contribution in [3.05, 3.63) is 59.9 Å². The molecule has 2 aromatic heterocycles. The molecule has 0 atom stereocenters. The predicted molar refractivity (Wildman–Crippen MR) is 90.5 cm³/mol. The van der Waals surface area contributed by atoms with Crippen LogP contribution in [0.15, 0.2) is 36.9 Å². The van der Waals surface area contributed by atoms with Gasteiger partial charge < -0.3 is 0 Å². The molecule has 0 aliphatic heterocycles. The first-order valence-electron chi connectivity index (χ1n) is 8.74. The Labute approximate surface area is 145 Å². The first-order valence-corrected chi connectivity index (χ1v) is 8.74. The third kappa shape index (κ3) is 2.94. The fourth-order valence-electron chi connectivity index (χ4n) is 3.32. The second-order valence-corrected chi connectivity index (χ2v) is 6.58. The number of aromatic nitrogens is 6. The third-order valence-corrected chi connectivity index (χ3v) is 4.78. The zero-order valence-electron chi connectivity index (χ0n) is 14.3. The average molecular weight is 340 g/mol. The summed E-state index contributed by atoms with van der Waals surface area (Å²) in [5.74, 6) is 1.41. The molecule has 1 aromatic carbocycles. The maximum absolute atomic E-state index is 14.4. The third-order valence-electron chi connectivity index (χ3n) is 4.78. The van der Waals surface area contributed by atoms with Crippen molar-refractivity contribution in [1.29, 1.82) is 0 Å². The van der Waals surface area contributed by atoms with Crippen LogP contribution in [0.5, 0.6) is 0 Å². The molecule has 0 N–H and O–H groups in total. The number of nitrogens with zero attached hydrogens (tertiary/aromatic N) is 6. The van der Waals surface area contributed by atoms with Gasteiger partial charge in [-0.2, -0.15) is 10.2 Å². The van der Waals surface area contributed by atoms with E-state index in [2.05, 4.69) is 22.1 Å². The minimum atomic E-state index is -0.341. The number of benzene rings is 1. The lowest BCUT2D eigenvalue weighted by Gasteiger charge is -2.17. The number of unbranched alkanes of at least 4 members (excludes halogenated alkanes) is 1. The van der Waals surface area contributed by atoms with Crippen molar-refractivity contribution in [2.24, 2.45) is 0 Å². The van der Waals surface area contributed by atoms with E-state index in [1.165, 1.54) is 12.4 Å².